The molecule has 2 atom stereocenters. The fourth-order valence-corrected chi connectivity index (χ4v) is 3.13. The highest BCUT2D eigenvalue weighted by molar-refractivity contribution is 9.10. The van der Waals surface area contributed by atoms with E-state index in [4.69, 9.17) is 0 Å². The molecule has 86 valence electrons. The first-order valence-corrected chi connectivity index (χ1v) is 7.10. The van der Waals surface area contributed by atoms with E-state index >= 15 is 0 Å². The Morgan fingerprint density at radius 2 is 1.81 bits per heavy atom. The largest absolute Gasteiger partial charge is 0.303 e. The molecule has 1 aromatic rings. The normalized spacial score (nSPS) is 29.6. The summed E-state index contributed by atoms with van der Waals surface area (Å²) in [5.74, 6) is 1.77. The average Bonchev–Trinajstić information content (AvgIpc) is 2.85. The Morgan fingerprint density at radius 1 is 1.12 bits per heavy atom. The van der Waals surface area contributed by atoms with Crippen molar-refractivity contribution >= 4 is 15.9 Å². The molecule has 1 heterocycles. The van der Waals surface area contributed by atoms with E-state index in [1.165, 1.54) is 48.9 Å². The third-order valence-electron chi connectivity index (χ3n) is 3.91. The van der Waals surface area contributed by atoms with Gasteiger partial charge in [0.05, 0.1) is 0 Å². The first-order valence-electron chi connectivity index (χ1n) is 6.31. The topological polar surface area (TPSA) is 3.24 Å². The van der Waals surface area contributed by atoms with E-state index in [-0.39, 0.29) is 0 Å². The van der Waals surface area contributed by atoms with Crippen LogP contribution in [0.25, 0.3) is 0 Å². The molecule has 1 aliphatic carbocycles. The van der Waals surface area contributed by atoms with Crippen molar-refractivity contribution in [2.24, 2.45) is 5.92 Å². The Labute approximate surface area is 106 Å². The van der Waals surface area contributed by atoms with Crippen LogP contribution in [0.5, 0.6) is 0 Å². The van der Waals surface area contributed by atoms with Crippen molar-refractivity contribution in [3.05, 3.63) is 34.3 Å². The molecule has 16 heavy (non-hydrogen) atoms. The highest BCUT2D eigenvalue weighted by atomic mass is 79.9. The molecule has 2 fully saturated rings. The first kappa shape index (κ1) is 10.8. The number of rotatable bonds is 3. The molecular weight excluding hydrogens is 262 g/mol. The zero-order valence-electron chi connectivity index (χ0n) is 9.53. The number of hydrogen-bond acceptors (Lipinski definition) is 1. The lowest BCUT2D eigenvalue weighted by atomic mass is 10.1. The summed E-state index contributed by atoms with van der Waals surface area (Å²) in [5.41, 5.74) is 1.53. The third kappa shape index (κ3) is 2.33. The van der Waals surface area contributed by atoms with Crippen LogP contribution in [0.4, 0.5) is 0 Å². The second kappa shape index (κ2) is 4.50. The monoisotopic (exact) mass is 279 g/mol. The van der Waals surface area contributed by atoms with Gasteiger partial charge in [0.15, 0.2) is 0 Å². The van der Waals surface area contributed by atoms with Crippen LogP contribution in [-0.4, -0.2) is 24.5 Å². The highest BCUT2D eigenvalue weighted by Crippen LogP contribution is 2.48. The van der Waals surface area contributed by atoms with E-state index in [0.717, 1.165) is 11.8 Å². The number of likely N-dealkylation sites (tertiary alicyclic amines) is 1. The van der Waals surface area contributed by atoms with E-state index in [2.05, 4.69) is 45.1 Å². The van der Waals surface area contributed by atoms with Crippen LogP contribution in [0.2, 0.25) is 0 Å². The van der Waals surface area contributed by atoms with Crippen LogP contribution in [0.15, 0.2) is 28.7 Å². The lowest BCUT2D eigenvalue weighted by Crippen LogP contribution is -2.22. The zero-order chi connectivity index (χ0) is 11.0. The number of hydrogen-bond donors (Lipinski definition) is 0. The van der Waals surface area contributed by atoms with E-state index < -0.39 is 0 Å². The van der Waals surface area contributed by atoms with Gasteiger partial charge < -0.3 is 4.90 Å². The molecule has 1 aliphatic heterocycles. The van der Waals surface area contributed by atoms with Gasteiger partial charge in [-0.3, -0.25) is 0 Å². The van der Waals surface area contributed by atoms with Crippen LogP contribution >= 0.6 is 15.9 Å². The van der Waals surface area contributed by atoms with Crippen molar-refractivity contribution in [1.82, 2.24) is 4.90 Å². The number of benzene rings is 1. The zero-order valence-corrected chi connectivity index (χ0v) is 11.1. The van der Waals surface area contributed by atoms with Gasteiger partial charge in [-0.1, -0.05) is 28.1 Å². The van der Waals surface area contributed by atoms with Crippen LogP contribution < -0.4 is 0 Å². The molecule has 1 saturated heterocycles. The van der Waals surface area contributed by atoms with Gasteiger partial charge in [0, 0.05) is 11.0 Å². The Kier molecular flexibility index (Phi) is 3.03. The van der Waals surface area contributed by atoms with Gasteiger partial charge in [-0.25, -0.2) is 0 Å². The fourth-order valence-electron chi connectivity index (χ4n) is 2.86. The third-order valence-corrected chi connectivity index (χ3v) is 4.44. The highest BCUT2D eigenvalue weighted by Gasteiger charge is 2.39. The van der Waals surface area contributed by atoms with E-state index in [1.807, 2.05) is 0 Å². The maximum absolute atomic E-state index is 3.49. The van der Waals surface area contributed by atoms with Gasteiger partial charge in [0.1, 0.15) is 0 Å². The minimum atomic E-state index is 0.841. The predicted octanol–water partition coefficient (Wildman–Crippen LogP) is 3.65. The summed E-state index contributed by atoms with van der Waals surface area (Å²) < 4.78 is 1.19. The second-order valence-electron chi connectivity index (χ2n) is 5.16. The summed E-state index contributed by atoms with van der Waals surface area (Å²) in [6.07, 6.45) is 4.23. The molecule has 0 bridgehead atoms. The van der Waals surface area contributed by atoms with Crippen molar-refractivity contribution < 1.29 is 0 Å². The van der Waals surface area contributed by atoms with Gasteiger partial charge in [0.2, 0.25) is 0 Å². The number of halogens is 1. The SMILES string of the molecule is Brc1ccc([C@H]2C[C@H]2CN2CCCC2)cc1. The quantitative estimate of drug-likeness (QED) is 0.817. The maximum atomic E-state index is 3.49. The second-order valence-corrected chi connectivity index (χ2v) is 6.08. The van der Waals surface area contributed by atoms with Crippen molar-refractivity contribution in [3.8, 4) is 0 Å². The molecule has 0 N–H and O–H groups in total. The maximum Gasteiger partial charge on any atom is 0.0175 e. The minimum Gasteiger partial charge on any atom is -0.303 e. The fraction of sp³-hybridized carbons (Fsp3) is 0.571. The molecule has 0 radical (unpaired) electrons. The van der Waals surface area contributed by atoms with Gasteiger partial charge in [-0.05, 0) is 61.9 Å². The summed E-state index contributed by atoms with van der Waals surface area (Å²) in [5, 5.41) is 0. The van der Waals surface area contributed by atoms with Crippen molar-refractivity contribution in [3.63, 3.8) is 0 Å². The minimum absolute atomic E-state index is 0.841. The van der Waals surface area contributed by atoms with Crippen LogP contribution in [0.3, 0.4) is 0 Å². The standard InChI is InChI=1S/C14H18BrN/c15-13-5-3-11(4-6-13)14-9-12(14)10-16-7-1-2-8-16/h3-6,12,14H,1-2,7-10H2/t12-,14+/m0/s1. The Morgan fingerprint density at radius 3 is 2.50 bits per heavy atom. The Bertz CT molecular complexity index is 354. The first-order chi connectivity index (χ1) is 7.83. The molecule has 0 spiro atoms. The van der Waals surface area contributed by atoms with E-state index in [0.29, 0.717) is 0 Å². The van der Waals surface area contributed by atoms with Crippen molar-refractivity contribution in [2.45, 2.75) is 25.2 Å². The lowest BCUT2D eigenvalue weighted by molar-refractivity contribution is 0.322. The molecule has 2 aliphatic rings. The lowest BCUT2D eigenvalue weighted by Gasteiger charge is -2.13. The van der Waals surface area contributed by atoms with Crippen LogP contribution in [-0.2, 0) is 0 Å². The molecule has 1 nitrogen and oxygen atoms in total. The number of nitrogens with zero attached hydrogens (tertiary/aromatic N) is 1. The van der Waals surface area contributed by atoms with Crippen LogP contribution in [0.1, 0.15) is 30.7 Å². The summed E-state index contributed by atoms with van der Waals surface area (Å²) in [4.78, 5) is 2.64. The van der Waals surface area contributed by atoms with Gasteiger partial charge in [0.25, 0.3) is 0 Å². The molecule has 0 amide bonds. The summed E-state index contributed by atoms with van der Waals surface area (Å²) in [6, 6.07) is 8.89. The smallest absolute Gasteiger partial charge is 0.0175 e. The molecular formula is C14H18BrN. The van der Waals surface area contributed by atoms with Gasteiger partial charge >= 0.3 is 0 Å². The van der Waals surface area contributed by atoms with Crippen molar-refractivity contribution in [2.75, 3.05) is 19.6 Å². The molecule has 1 aromatic carbocycles. The molecule has 3 rings (SSSR count). The average molecular weight is 280 g/mol. The summed E-state index contributed by atoms with van der Waals surface area (Å²) >= 11 is 3.49. The van der Waals surface area contributed by atoms with E-state index in [1.54, 1.807) is 0 Å². The molecule has 1 saturated carbocycles. The van der Waals surface area contributed by atoms with Gasteiger partial charge in [-0.15, -0.1) is 0 Å². The summed E-state index contributed by atoms with van der Waals surface area (Å²) in [6.45, 7) is 4.01. The molecule has 0 unspecified atom stereocenters. The molecule has 2 heteroatoms. The predicted molar refractivity (Wildman–Crippen MR) is 70.7 cm³/mol. The Balaban J connectivity index is 1.56. The van der Waals surface area contributed by atoms with Crippen molar-refractivity contribution in [1.29, 1.82) is 0 Å². The van der Waals surface area contributed by atoms with Crippen LogP contribution in [0, 0.1) is 5.92 Å². The van der Waals surface area contributed by atoms with Gasteiger partial charge in [-0.2, -0.15) is 0 Å². The molecule has 0 aromatic heterocycles. The van der Waals surface area contributed by atoms with E-state index in [9.17, 15) is 0 Å². The Hall–Kier alpha value is -0.340. The summed E-state index contributed by atoms with van der Waals surface area (Å²) in [7, 11) is 0.